The highest BCUT2D eigenvalue weighted by Gasteiger charge is 2.34. The Bertz CT molecular complexity index is 754. The highest BCUT2D eigenvalue weighted by atomic mass is 35.5. The molecule has 2 heterocycles. The largest absolute Gasteiger partial charge is 0.481 e. The van der Waals surface area contributed by atoms with Gasteiger partial charge < -0.3 is 10.0 Å². The molecule has 2 aromatic rings. The summed E-state index contributed by atoms with van der Waals surface area (Å²) in [4.78, 5) is 30.9. The van der Waals surface area contributed by atoms with Crippen molar-refractivity contribution in [3.8, 4) is 9.88 Å². The predicted molar refractivity (Wildman–Crippen MR) is 95.7 cm³/mol. The molecule has 128 valence electrons. The Kier molecular flexibility index (Phi) is 5.22. The number of thiazole rings is 1. The standard InChI is InChI=1S/C16H17ClN2O3S2/c1-9(16(21)22)7-19(11-2-3-11)14(20)6-10-8-23-15(18-10)12-4-5-13(17)24-12/h4-5,8-9,11H,2-3,6-7H2,1H3,(H,21,22). The van der Waals surface area contributed by atoms with E-state index >= 15 is 0 Å². The normalized spacial score (nSPS) is 15.2. The van der Waals surface area contributed by atoms with E-state index in [9.17, 15) is 9.59 Å². The lowest BCUT2D eigenvalue weighted by molar-refractivity contribution is -0.143. The van der Waals surface area contributed by atoms with Crippen molar-refractivity contribution >= 4 is 46.2 Å². The Labute approximate surface area is 152 Å². The molecule has 1 amide bonds. The zero-order valence-corrected chi connectivity index (χ0v) is 15.5. The van der Waals surface area contributed by atoms with Crippen molar-refractivity contribution in [2.45, 2.75) is 32.2 Å². The Balaban J connectivity index is 1.67. The highest BCUT2D eigenvalue weighted by molar-refractivity contribution is 7.23. The number of thiophene rings is 1. The monoisotopic (exact) mass is 384 g/mol. The van der Waals surface area contributed by atoms with E-state index in [0.29, 0.717) is 4.34 Å². The van der Waals surface area contributed by atoms with E-state index in [4.69, 9.17) is 16.7 Å². The lowest BCUT2D eigenvalue weighted by atomic mass is 10.1. The molecule has 0 aliphatic heterocycles. The topological polar surface area (TPSA) is 70.5 Å². The number of carboxylic acid groups (broad SMARTS) is 1. The van der Waals surface area contributed by atoms with Gasteiger partial charge in [0.1, 0.15) is 5.01 Å². The number of carboxylic acids is 1. The van der Waals surface area contributed by atoms with Gasteiger partial charge in [0.25, 0.3) is 0 Å². The van der Waals surface area contributed by atoms with Crippen LogP contribution in [0.2, 0.25) is 4.34 Å². The molecule has 1 aliphatic carbocycles. The van der Waals surface area contributed by atoms with Gasteiger partial charge in [0.2, 0.25) is 5.91 Å². The van der Waals surface area contributed by atoms with Crippen LogP contribution < -0.4 is 0 Å². The lowest BCUT2D eigenvalue weighted by Gasteiger charge is -2.24. The van der Waals surface area contributed by atoms with Crippen LogP contribution >= 0.6 is 34.3 Å². The maximum absolute atomic E-state index is 12.6. The van der Waals surface area contributed by atoms with Gasteiger partial charge in [-0.15, -0.1) is 22.7 Å². The van der Waals surface area contributed by atoms with Crippen LogP contribution in [-0.2, 0) is 16.0 Å². The molecule has 0 spiro atoms. The van der Waals surface area contributed by atoms with E-state index in [-0.39, 0.29) is 24.9 Å². The van der Waals surface area contributed by atoms with Gasteiger partial charge in [-0.3, -0.25) is 9.59 Å². The molecular formula is C16H17ClN2O3S2. The molecule has 24 heavy (non-hydrogen) atoms. The van der Waals surface area contributed by atoms with Crippen molar-refractivity contribution in [3.63, 3.8) is 0 Å². The first-order valence-electron chi connectivity index (χ1n) is 7.66. The van der Waals surface area contributed by atoms with E-state index < -0.39 is 11.9 Å². The van der Waals surface area contributed by atoms with Crippen molar-refractivity contribution in [1.82, 2.24) is 9.88 Å². The van der Waals surface area contributed by atoms with Crippen LogP contribution in [0.25, 0.3) is 9.88 Å². The number of nitrogens with zero attached hydrogens (tertiary/aromatic N) is 2. The number of aliphatic carboxylic acids is 1. The summed E-state index contributed by atoms with van der Waals surface area (Å²) in [5.74, 6) is -1.49. The molecule has 5 nitrogen and oxygen atoms in total. The number of aromatic nitrogens is 1. The van der Waals surface area contributed by atoms with Crippen molar-refractivity contribution in [2.24, 2.45) is 5.92 Å². The van der Waals surface area contributed by atoms with Crippen molar-refractivity contribution in [1.29, 1.82) is 0 Å². The zero-order valence-electron chi connectivity index (χ0n) is 13.1. The fraction of sp³-hybridized carbons (Fsp3) is 0.438. The van der Waals surface area contributed by atoms with Crippen LogP contribution in [0.4, 0.5) is 0 Å². The summed E-state index contributed by atoms with van der Waals surface area (Å²) in [6.07, 6.45) is 2.11. The van der Waals surface area contributed by atoms with Gasteiger partial charge in [-0.2, -0.15) is 0 Å². The second kappa shape index (κ2) is 7.21. The molecule has 1 fully saturated rings. The third-order valence-electron chi connectivity index (χ3n) is 3.87. The van der Waals surface area contributed by atoms with Gasteiger partial charge in [0, 0.05) is 18.0 Å². The molecule has 8 heteroatoms. The molecule has 1 atom stereocenters. The quantitative estimate of drug-likeness (QED) is 0.788. The van der Waals surface area contributed by atoms with E-state index in [1.165, 1.54) is 22.7 Å². The van der Waals surface area contributed by atoms with Crippen molar-refractivity contribution < 1.29 is 14.7 Å². The molecule has 0 radical (unpaired) electrons. The first kappa shape index (κ1) is 17.4. The third kappa shape index (κ3) is 4.15. The summed E-state index contributed by atoms with van der Waals surface area (Å²) < 4.78 is 0.709. The Morgan fingerprint density at radius 1 is 1.46 bits per heavy atom. The van der Waals surface area contributed by atoms with Crippen LogP contribution in [0.1, 0.15) is 25.5 Å². The van der Waals surface area contributed by atoms with Crippen molar-refractivity contribution in [2.75, 3.05) is 6.54 Å². The Hall–Kier alpha value is -1.44. The molecule has 0 bridgehead atoms. The number of halogens is 1. The fourth-order valence-corrected chi connectivity index (χ4v) is 4.34. The van der Waals surface area contributed by atoms with Gasteiger partial charge in [-0.1, -0.05) is 18.5 Å². The number of carbonyl (C=O) groups is 2. The predicted octanol–water partition coefficient (Wildman–Crippen LogP) is 3.78. The number of amides is 1. The van der Waals surface area contributed by atoms with Gasteiger partial charge in [-0.25, -0.2) is 4.98 Å². The third-order valence-corrected chi connectivity index (χ3v) is 6.16. The molecular weight excluding hydrogens is 368 g/mol. The summed E-state index contributed by atoms with van der Waals surface area (Å²) in [5, 5.41) is 11.8. The van der Waals surface area contributed by atoms with Gasteiger partial charge in [0.15, 0.2) is 0 Å². The van der Waals surface area contributed by atoms with E-state index in [0.717, 1.165) is 28.4 Å². The van der Waals surface area contributed by atoms with Crippen LogP contribution in [0.15, 0.2) is 17.5 Å². The van der Waals surface area contributed by atoms with Gasteiger partial charge in [-0.05, 0) is 25.0 Å². The van der Waals surface area contributed by atoms with Crippen LogP contribution in [0.3, 0.4) is 0 Å². The number of hydrogen-bond acceptors (Lipinski definition) is 5. The number of rotatable bonds is 7. The number of carbonyl (C=O) groups excluding carboxylic acids is 1. The van der Waals surface area contributed by atoms with Gasteiger partial charge in [0.05, 0.1) is 27.2 Å². The zero-order chi connectivity index (χ0) is 17.3. The molecule has 1 saturated carbocycles. The van der Waals surface area contributed by atoms with E-state index in [1.807, 2.05) is 17.5 Å². The summed E-state index contributed by atoms with van der Waals surface area (Å²) in [6.45, 7) is 1.89. The molecule has 0 saturated heterocycles. The summed E-state index contributed by atoms with van der Waals surface area (Å²) in [7, 11) is 0. The molecule has 0 aromatic carbocycles. The SMILES string of the molecule is CC(CN(C(=O)Cc1csc(-c2ccc(Cl)s2)n1)C1CC1)C(=O)O. The maximum atomic E-state index is 12.6. The molecule has 1 unspecified atom stereocenters. The molecule has 1 N–H and O–H groups in total. The lowest BCUT2D eigenvalue weighted by Crippen LogP contribution is -2.39. The second-order valence-electron chi connectivity index (χ2n) is 5.94. The average Bonchev–Trinajstić information content (AvgIpc) is 3.11. The minimum Gasteiger partial charge on any atom is -0.481 e. The first-order chi connectivity index (χ1) is 11.4. The molecule has 3 rings (SSSR count). The minimum atomic E-state index is -0.876. The Morgan fingerprint density at radius 3 is 2.79 bits per heavy atom. The highest BCUT2D eigenvalue weighted by Crippen LogP contribution is 2.33. The second-order valence-corrected chi connectivity index (χ2v) is 8.51. The van der Waals surface area contributed by atoms with Gasteiger partial charge >= 0.3 is 5.97 Å². The summed E-state index contributed by atoms with van der Waals surface area (Å²) in [5.41, 5.74) is 0.721. The summed E-state index contributed by atoms with van der Waals surface area (Å²) in [6, 6.07) is 3.94. The smallest absolute Gasteiger partial charge is 0.308 e. The minimum absolute atomic E-state index is 0.0494. The molecule has 1 aliphatic rings. The van der Waals surface area contributed by atoms with Crippen LogP contribution in [0.5, 0.6) is 0 Å². The van der Waals surface area contributed by atoms with E-state index in [2.05, 4.69) is 4.98 Å². The first-order valence-corrected chi connectivity index (χ1v) is 9.74. The van der Waals surface area contributed by atoms with E-state index in [1.54, 1.807) is 11.8 Å². The van der Waals surface area contributed by atoms with Crippen LogP contribution in [0, 0.1) is 5.92 Å². The number of hydrogen-bond donors (Lipinski definition) is 1. The average molecular weight is 385 g/mol. The molecule has 2 aromatic heterocycles. The summed E-state index contributed by atoms with van der Waals surface area (Å²) >= 11 is 8.89. The fourth-order valence-electron chi connectivity index (χ4n) is 2.40. The Morgan fingerprint density at radius 2 is 2.21 bits per heavy atom. The maximum Gasteiger partial charge on any atom is 0.308 e. The van der Waals surface area contributed by atoms with Crippen molar-refractivity contribution in [3.05, 3.63) is 27.5 Å². The van der Waals surface area contributed by atoms with Crippen LogP contribution in [-0.4, -0.2) is 39.5 Å².